The van der Waals surface area contributed by atoms with E-state index < -0.39 is 0 Å². The van der Waals surface area contributed by atoms with Gasteiger partial charge in [0.05, 0.1) is 0 Å². The number of hydrogen-bond donors (Lipinski definition) is 1. The highest BCUT2D eigenvalue weighted by Gasteiger charge is 2.19. The van der Waals surface area contributed by atoms with E-state index >= 15 is 0 Å². The molecule has 2 rings (SSSR count). The Bertz CT molecular complexity index is 368. The van der Waals surface area contributed by atoms with Gasteiger partial charge >= 0.3 is 0 Å². The zero-order valence-corrected chi connectivity index (χ0v) is 12.8. The Hall–Kier alpha value is -0.380. The van der Waals surface area contributed by atoms with Crippen LogP contribution >= 0.6 is 15.9 Å². The summed E-state index contributed by atoms with van der Waals surface area (Å²) >= 11 is 3.59. The molecule has 0 spiro atoms. The molecule has 100 valence electrons. The third kappa shape index (κ3) is 3.81. The third-order valence-corrected chi connectivity index (χ3v) is 4.18. The second kappa shape index (κ2) is 6.69. The first kappa shape index (κ1) is 14.0. The van der Waals surface area contributed by atoms with Gasteiger partial charge in [0.1, 0.15) is 0 Å². The summed E-state index contributed by atoms with van der Waals surface area (Å²) in [5, 5.41) is 3.46. The molecule has 0 bridgehead atoms. The summed E-state index contributed by atoms with van der Waals surface area (Å²) in [7, 11) is 2.06. The summed E-state index contributed by atoms with van der Waals surface area (Å²) in [4.78, 5) is 0. The van der Waals surface area contributed by atoms with E-state index in [1.54, 1.807) is 0 Å². The predicted molar refractivity (Wildman–Crippen MR) is 78.8 cm³/mol. The Labute approximate surface area is 118 Å². The molecule has 2 nitrogen and oxygen atoms in total. The fourth-order valence-electron chi connectivity index (χ4n) is 2.70. The van der Waals surface area contributed by atoms with Crippen LogP contribution in [0.3, 0.4) is 0 Å². The molecule has 1 N–H and O–H groups in total. The van der Waals surface area contributed by atoms with Gasteiger partial charge in [-0.05, 0) is 62.4 Å². The summed E-state index contributed by atoms with van der Waals surface area (Å²) in [6, 6.07) is 7.12. The Kier molecular flexibility index (Phi) is 5.22. The minimum atomic E-state index is 0.448. The molecule has 1 unspecified atom stereocenters. The van der Waals surface area contributed by atoms with Gasteiger partial charge in [0.25, 0.3) is 0 Å². The zero-order chi connectivity index (χ0) is 13.0. The van der Waals surface area contributed by atoms with Gasteiger partial charge in [0, 0.05) is 23.7 Å². The van der Waals surface area contributed by atoms with E-state index in [2.05, 4.69) is 53.4 Å². The molecule has 1 aromatic carbocycles. The lowest BCUT2D eigenvalue weighted by Crippen LogP contribution is -2.24. The van der Waals surface area contributed by atoms with Gasteiger partial charge in [0.2, 0.25) is 0 Å². The third-order valence-electron chi connectivity index (χ3n) is 3.73. The first-order valence-electron chi connectivity index (χ1n) is 6.71. The van der Waals surface area contributed by atoms with E-state index in [-0.39, 0.29) is 0 Å². The van der Waals surface area contributed by atoms with Gasteiger partial charge in [-0.1, -0.05) is 22.0 Å². The van der Waals surface area contributed by atoms with Crippen molar-refractivity contribution in [2.75, 3.05) is 20.3 Å². The zero-order valence-electron chi connectivity index (χ0n) is 11.2. The van der Waals surface area contributed by atoms with Gasteiger partial charge in [-0.25, -0.2) is 0 Å². The van der Waals surface area contributed by atoms with Gasteiger partial charge in [-0.3, -0.25) is 0 Å². The molecule has 0 aliphatic carbocycles. The van der Waals surface area contributed by atoms with E-state index in [0.717, 1.165) is 19.1 Å². The lowest BCUT2D eigenvalue weighted by atomic mass is 9.89. The molecular formula is C15H22BrNO. The van der Waals surface area contributed by atoms with Crippen molar-refractivity contribution in [2.45, 2.75) is 32.2 Å². The van der Waals surface area contributed by atoms with Crippen LogP contribution in [0.5, 0.6) is 0 Å². The fourth-order valence-corrected chi connectivity index (χ4v) is 3.33. The standard InChI is InChI=1S/C15H22BrNO/c1-11-7-13(10-14(16)8-11)15(17-2)9-12-3-5-18-6-4-12/h7-8,10,12,15,17H,3-6,9H2,1-2H3. The van der Waals surface area contributed by atoms with Crippen LogP contribution in [0.25, 0.3) is 0 Å². The average Bonchev–Trinajstić information content (AvgIpc) is 2.36. The van der Waals surface area contributed by atoms with Crippen molar-refractivity contribution in [3.63, 3.8) is 0 Å². The van der Waals surface area contributed by atoms with Gasteiger partial charge in [-0.2, -0.15) is 0 Å². The number of aryl methyl sites for hydroxylation is 1. The van der Waals surface area contributed by atoms with Crippen LogP contribution in [0, 0.1) is 12.8 Å². The molecule has 1 aliphatic heterocycles. The van der Waals surface area contributed by atoms with Crippen LogP contribution in [0.1, 0.15) is 36.4 Å². The second-order valence-corrected chi connectivity index (χ2v) is 6.11. The molecule has 3 heteroatoms. The normalized spacial score (nSPS) is 18.8. The maximum Gasteiger partial charge on any atom is 0.0468 e. The van der Waals surface area contributed by atoms with Crippen molar-refractivity contribution in [3.05, 3.63) is 33.8 Å². The second-order valence-electron chi connectivity index (χ2n) is 5.19. The van der Waals surface area contributed by atoms with Crippen LogP contribution in [-0.2, 0) is 4.74 Å². The van der Waals surface area contributed by atoms with E-state index in [0.29, 0.717) is 6.04 Å². The number of benzene rings is 1. The smallest absolute Gasteiger partial charge is 0.0468 e. The van der Waals surface area contributed by atoms with Crippen LogP contribution in [-0.4, -0.2) is 20.3 Å². The van der Waals surface area contributed by atoms with Gasteiger partial charge in [-0.15, -0.1) is 0 Å². The lowest BCUT2D eigenvalue weighted by Gasteiger charge is -2.27. The van der Waals surface area contributed by atoms with Crippen molar-refractivity contribution >= 4 is 15.9 Å². The number of ether oxygens (including phenoxy) is 1. The monoisotopic (exact) mass is 311 g/mol. The molecule has 1 heterocycles. The van der Waals surface area contributed by atoms with Crippen LogP contribution in [0.4, 0.5) is 0 Å². The highest BCUT2D eigenvalue weighted by Crippen LogP contribution is 2.29. The Morgan fingerprint density at radius 2 is 2.06 bits per heavy atom. The Morgan fingerprint density at radius 3 is 2.67 bits per heavy atom. The van der Waals surface area contributed by atoms with Crippen molar-refractivity contribution < 1.29 is 4.74 Å². The number of hydrogen-bond acceptors (Lipinski definition) is 2. The molecule has 1 saturated heterocycles. The summed E-state index contributed by atoms with van der Waals surface area (Å²) in [6.45, 7) is 4.01. The summed E-state index contributed by atoms with van der Waals surface area (Å²) in [6.07, 6.45) is 3.60. The van der Waals surface area contributed by atoms with Crippen LogP contribution in [0.15, 0.2) is 22.7 Å². The van der Waals surface area contributed by atoms with E-state index in [1.165, 1.54) is 34.9 Å². The topological polar surface area (TPSA) is 21.3 Å². The fraction of sp³-hybridized carbons (Fsp3) is 0.600. The van der Waals surface area contributed by atoms with E-state index in [9.17, 15) is 0 Å². The maximum atomic E-state index is 5.43. The number of nitrogens with one attached hydrogen (secondary N) is 1. The van der Waals surface area contributed by atoms with Gasteiger partial charge < -0.3 is 10.1 Å². The lowest BCUT2D eigenvalue weighted by molar-refractivity contribution is 0.0608. The first-order valence-corrected chi connectivity index (χ1v) is 7.50. The van der Waals surface area contributed by atoms with Crippen molar-refractivity contribution in [1.82, 2.24) is 5.32 Å². The SMILES string of the molecule is CNC(CC1CCOCC1)c1cc(C)cc(Br)c1. The predicted octanol–water partition coefficient (Wildman–Crippen LogP) is 3.83. The van der Waals surface area contributed by atoms with Crippen molar-refractivity contribution in [1.29, 1.82) is 0 Å². The minimum Gasteiger partial charge on any atom is -0.381 e. The molecule has 1 aliphatic rings. The van der Waals surface area contributed by atoms with E-state index in [1.807, 2.05) is 0 Å². The molecule has 1 fully saturated rings. The Morgan fingerprint density at radius 1 is 1.33 bits per heavy atom. The highest BCUT2D eigenvalue weighted by atomic mass is 79.9. The number of halogens is 1. The molecule has 0 radical (unpaired) electrons. The minimum absolute atomic E-state index is 0.448. The van der Waals surface area contributed by atoms with Crippen LogP contribution in [0.2, 0.25) is 0 Å². The maximum absolute atomic E-state index is 5.43. The molecule has 0 aromatic heterocycles. The molecule has 18 heavy (non-hydrogen) atoms. The highest BCUT2D eigenvalue weighted by molar-refractivity contribution is 9.10. The quantitative estimate of drug-likeness (QED) is 0.912. The van der Waals surface area contributed by atoms with Crippen molar-refractivity contribution in [3.8, 4) is 0 Å². The molecule has 1 atom stereocenters. The molecular weight excluding hydrogens is 290 g/mol. The summed E-state index contributed by atoms with van der Waals surface area (Å²) in [5.41, 5.74) is 2.70. The molecule has 1 aromatic rings. The number of rotatable bonds is 4. The van der Waals surface area contributed by atoms with Crippen molar-refractivity contribution in [2.24, 2.45) is 5.92 Å². The van der Waals surface area contributed by atoms with Gasteiger partial charge in [0.15, 0.2) is 0 Å². The molecule has 0 amide bonds. The molecule has 0 saturated carbocycles. The van der Waals surface area contributed by atoms with E-state index in [4.69, 9.17) is 4.74 Å². The summed E-state index contributed by atoms with van der Waals surface area (Å²) < 4.78 is 6.60. The Balaban J connectivity index is 2.06. The average molecular weight is 312 g/mol. The summed E-state index contributed by atoms with van der Waals surface area (Å²) in [5.74, 6) is 0.787. The largest absolute Gasteiger partial charge is 0.381 e. The van der Waals surface area contributed by atoms with Crippen LogP contribution < -0.4 is 5.32 Å². The first-order chi connectivity index (χ1) is 8.69.